The molecule has 2 aromatic rings. The molecule has 16 heteroatoms. The number of nitrogens with one attached hydrogen (secondary N) is 2. The van der Waals surface area contributed by atoms with Crippen molar-refractivity contribution in [3.05, 3.63) is 24.4 Å². The first-order chi connectivity index (χ1) is 20.4. The number of carbonyl (C=O) groups is 4. The average molecular weight is 616 g/mol. The fourth-order valence-electron chi connectivity index (χ4n) is 3.88. The van der Waals surface area contributed by atoms with Crippen LogP contribution in [0.4, 0.5) is 35.0 Å². The molecule has 2 amide bonds. The van der Waals surface area contributed by atoms with Crippen molar-refractivity contribution in [1.82, 2.24) is 15.1 Å². The lowest BCUT2D eigenvalue weighted by Crippen LogP contribution is -2.45. The number of fused-ring (bicyclic) bond motifs is 1. The first-order valence-electron chi connectivity index (χ1n) is 13.2. The second kappa shape index (κ2) is 15.2. The Morgan fingerprint density at radius 2 is 1.84 bits per heavy atom. The second-order valence-electron chi connectivity index (χ2n) is 9.82. The van der Waals surface area contributed by atoms with Crippen LogP contribution in [-0.2, 0) is 25.7 Å². The van der Waals surface area contributed by atoms with Gasteiger partial charge in [-0.25, -0.2) is 4.79 Å². The Morgan fingerprint density at radius 3 is 2.42 bits per heavy atom. The molecule has 43 heavy (non-hydrogen) atoms. The number of carbonyl (C=O) groups excluding carboxylic acids is 4. The molecule has 4 rings (SSSR count). The van der Waals surface area contributed by atoms with Gasteiger partial charge in [0, 0.05) is 18.2 Å². The number of rotatable bonds is 10. The van der Waals surface area contributed by atoms with E-state index in [1.807, 2.05) is 25.4 Å². The Kier molecular flexibility index (Phi) is 12.3. The van der Waals surface area contributed by atoms with Gasteiger partial charge in [0.2, 0.25) is 11.5 Å². The first-order valence-corrected chi connectivity index (χ1v) is 13.2. The molecule has 1 aliphatic heterocycles. The van der Waals surface area contributed by atoms with E-state index >= 15 is 0 Å². The highest BCUT2D eigenvalue weighted by atomic mass is 19.4. The molecule has 1 aromatic heterocycles. The number of hydrogen-bond acceptors (Lipinski definition) is 10. The van der Waals surface area contributed by atoms with Crippen LogP contribution in [0, 0.1) is 5.92 Å². The van der Waals surface area contributed by atoms with Gasteiger partial charge in [-0.05, 0) is 51.8 Å². The number of benzene rings is 1. The lowest BCUT2D eigenvalue weighted by Gasteiger charge is -2.36. The summed E-state index contributed by atoms with van der Waals surface area (Å²) >= 11 is 0. The number of aliphatic hydroxyl groups is 1. The molecule has 13 nitrogen and oxygen atoms in total. The highest BCUT2D eigenvalue weighted by molar-refractivity contribution is 5.87. The zero-order chi connectivity index (χ0) is 32.4. The SMILES string of the molecule is C=O.C=O.CCn1cc(N2C[C@H](CNC(=O)C3CC3)Oc3ccc(NC(=O)OC(C)(C)C(F)(F)F)cc32)c(OCCO)n1. The largest absolute Gasteiger partial charge is 0.485 e. The van der Waals surface area contributed by atoms with E-state index in [2.05, 4.69) is 20.5 Å². The van der Waals surface area contributed by atoms with Gasteiger partial charge in [0.05, 0.1) is 31.6 Å². The molecule has 1 saturated carbocycles. The third kappa shape index (κ3) is 9.07. The maximum absolute atomic E-state index is 13.2. The van der Waals surface area contributed by atoms with Crippen molar-refractivity contribution in [1.29, 1.82) is 0 Å². The lowest BCUT2D eigenvalue weighted by molar-refractivity contribution is -0.242. The van der Waals surface area contributed by atoms with Gasteiger partial charge in [-0.3, -0.25) is 14.8 Å². The van der Waals surface area contributed by atoms with Crippen LogP contribution in [0.2, 0.25) is 0 Å². The van der Waals surface area contributed by atoms with Crippen LogP contribution in [-0.4, -0.2) is 84.7 Å². The van der Waals surface area contributed by atoms with Crippen molar-refractivity contribution >= 4 is 42.6 Å². The topological polar surface area (TPSA) is 161 Å². The third-order valence-corrected chi connectivity index (χ3v) is 6.31. The molecule has 1 fully saturated rings. The Morgan fingerprint density at radius 1 is 1.16 bits per heavy atom. The van der Waals surface area contributed by atoms with E-state index in [1.165, 1.54) is 12.1 Å². The highest BCUT2D eigenvalue weighted by Crippen LogP contribution is 2.43. The minimum absolute atomic E-state index is 0.00816. The second-order valence-corrected chi connectivity index (χ2v) is 9.82. The number of ether oxygens (including phenoxy) is 3. The van der Waals surface area contributed by atoms with E-state index in [0.717, 1.165) is 26.7 Å². The number of halogens is 3. The monoisotopic (exact) mass is 615 g/mol. The van der Waals surface area contributed by atoms with E-state index in [9.17, 15) is 27.9 Å². The fraction of sp³-hybridized carbons (Fsp3) is 0.519. The normalized spacial score (nSPS) is 15.8. The number of aliphatic hydroxyl groups excluding tert-OH is 1. The molecule has 1 aliphatic carbocycles. The number of aromatic nitrogens is 2. The van der Waals surface area contributed by atoms with E-state index in [4.69, 9.17) is 19.1 Å². The zero-order valence-electron chi connectivity index (χ0n) is 24.1. The van der Waals surface area contributed by atoms with Crippen molar-refractivity contribution in [2.45, 2.75) is 58.0 Å². The zero-order valence-corrected chi connectivity index (χ0v) is 24.1. The number of hydrogen-bond donors (Lipinski definition) is 3. The molecule has 2 heterocycles. The van der Waals surface area contributed by atoms with E-state index in [0.29, 0.717) is 23.7 Å². The predicted molar refractivity (Wildman–Crippen MR) is 149 cm³/mol. The van der Waals surface area contributed by atoms with Gasteiger partial charge in [-0.1, -0.05) is 0 Å². The predicted octanol–water partition coefficient (Wildman–Crippen LogP) is 3.22. The van der Waals surface area contributed by atoms with Crippen LogP contribution in [0.5, 0.6) is 11.6 Å². The van der Waals surface area contributed by atoms with Crippen LogP contribution in [0.25, 0.3) is 0 Å². The van der Waals surface area contributed by atoms with Gasteiger partial charge < -0.3 is 39.1 Å². The third-order valence-electron chi connectivity index (χ3n) is 6.31. The molecule has 1 atom stereocenters. The summed E-state index contributed by atoms with van der Waals surface area (Å²) in [6.07, 6.45) is -2.99. The Bertz CT molecular complexity index is 1230. The Hall–Kier alpha value is -4.34. The van der Waals surface area contributed by atoms with E-state index < -0.39 is 24.0 Å². The summed E-state index contributed by atoms with van der Waals surface area (Å²) < 4.78 is 57.5. The molecular formula is C27H36F3N5O8. The molecule has 3 N–H and O–H groups in total. The molecule has 0 unspecified atom stereocenters. The van der Waals surface area contributed by atoms with Crippen molar-refractivity contribution in [2.24, 2.45) is 5.92 Å². The van der Waals surface area contributed by atoms with Crippen LogP contribution in [0.1, 0.15) is 33.6 Å². The minimum Gasteiger partial charge on any atom is -0.485 e. The van der Waals surface area contributed by atoms with Crippen molar-refractivity contribution in [3.8, 4) is 11.6 Å². The molecule has 0 bridgehead atoms. The number of aryl methyl sites for hydroxylation is 1. The summed E-state index contributed by atoms with van der Waals surface area (Å²) in [5, 5.41) is 18.9. The van der Waals surface area contributed by atoms with Crippen LogP contribution in [0.3, 0.4) is 0 Å². The number of alkyl halides is 3. The summed E-state index contributed by atoms with van der Waals surface area (Å²) in [6.45, 7) is 8.25. The quantitative estimate of drug-likeness (QED) is 0.362. The number of amides is 2. The maximum Gasteiger partial charge on any atom is 0.427 e. The Labute approximate surface area is 246 Å². The van der Waals surface area contributed by atoms with Crippen LogP contribution < -0.4 is 25.0 Å². The van der Waals surface area contributed by atoms with Gasteiger partial charge in [-0.15, -0.1) is 5.10 Å². The van der Waals surface area contributed by atoms with Crippen molar-refractivity contribution in [3.63, 3.8) is 0 Å². The fourth-order valence-corrected chi connectivity index (χ4v) is 3.88. The highest BCUT2D eigenvalue weighted by Gasteiger charge is 2.51. The van der Waals surface area contributed by atoms with Crippen molar-refractivity contribution in [2.75, 3.05) is 36.5 Å². The molecule has 238 valence electrons. The molecule has 1 aromatic carbocycles. The Balaban J connectivity index is 0.00000155. The number of nitrogens with zero attached hydrogens (tertiary/aromatic N) is 3. The van der Waals surface area contributed by atoms with Crippen LogP contribution in [0.15, 0.2) is 24.4 Å². The van der Waals surface area contributed by atoms with E-state index in [1.54, 1.807) is 16.9 Å². The lowest BCUT2D eigenvalue weighted by atomic mass is 10.1. The standard InChI is InChI=1S/C25H32F3N5O6.2CH2O/c1-4-32-14-19(22(31-32)37-10-9-34)33-13-17(12-29-21(35)15-5-6-15)38-20-8-7-16(11-18(20)33)30-23(36)39-24(2,3)25(26,27)28;2*1-2/h7-8,11,14-15,17,34H,4-6,9-10,12-13H2,1-3H3,(H,29,35)(H,30,36);2*1H2/t17-;;/m0../s1. The van der Waals surface area contributed by atoms with Gasteiger partial charge in [0.1, 0.15) is 37.7 Å². The summed E-state index contributed by atoms with van der Waals surface area (Å²) in [5.74, 6) is 0.679. The molecule has 0 radical (unpaired) electrons. The van der Waals surface area contributed by atoms with Gasteiger partial charge >= 0.3 is 12.3 Å². The maximum atomic E-state index is 13.2. The molecule has 2 aliphatic rings. The summed E-state index contributed by atoms with van der Waals surface area (Å²) in [6, 6.07) is 4.58. The van der Waals surface area contributed by atoms with Gasteiger partial charge in [-0.2, -0.15) is 13.2 Å². The first kappa shape index (κ1) is 34.9. The summed E-state index contributed by atoms with van der Waals surface area (Å²) in [7, 11) is 0. The molecule has 0 spiro atoms. The smallest absolute Gasteiger partial charge is 0.427 e. The van der Waals surface area contributed by atoms with Crippen LogP contribution >= 0.6 is 0 Å². The number of anilines is 3. The minimum atomic E-state index is -4.75. The van der Waals surface area contributed by atoms with Gasteiger partial charge in [0.15, 0.2) is 0 Å². The van der Waals surface area contributed by atoms with Crippen molar-refractivity contribution < 1.29 is 51.7 Å². The molecule has 0 saturated heterocycles. The van der Waals surface area contributed by atoms with Gasteiger partial charge in [0.25, 0.3) is 5.88 Å². The van der Waals surface area contributed by atoms with E-state index in [-0.39, 0.29) is 49.7 Å². The average Bonchev–Trinajstić information content (AvgIpc) is 3.75. The summed E-state index contributed by atoms with van der Waals surface area (Å²) in [5.41, 5.74) is -1.48. The molecular weight excluding hydrogens is 579 g/mol. The summed E-state index contributed by atoms with van der Waals surface area (Å²) in [4.78, 5) is 42.3.